The number of nitrogens with one attached hydrogen (secondary N) is 2. The van der Waals surface area contributed by atoms with Crippen molar-refractivity contribution < 1.29 is 19.8 Å². The first-order valence-electron chi connectivity index (χ1n) is 6.27. The molecule has 0 unspecified atom stereocenters. The maximum Gasteiger partial charge on any atom is 0.332 e. The van der Waals surface area contributed by atoms with Crippen molar-refractivity contribution in [3.05, 3.63) is 28.3 Å². The van der Waals surface area contributed by atoms with E-state index in [1.54, 1.807) is 12.3 Å². The molecule has 4 N–H and O–H groups in total. The summed E-state index contributed by atoms with van der Waals surface area (Å²) in [4.78, 5) is 29.5. The van der Waals surface area contributed by atoms with Gasteiger partial charge in [0.2, 0.25) is 0 Å². The first-order chi connectivity index (χ1) is 9.97. The zero-order valence-corrected chi connectivity index (χ0v) is 12.1. The molecule has 0 radical (unpaired) electrons. The van der Waals surface area contributed by atoms with E-state index in [4.69, 9.17) is 10.2 Å². The molecule has 0 bridgehead atoms. The van der Waals surface area contributed by atoms with Crippen LogP contribution >= 0.6 is 11.3 Å². The normalized spacial score (nSPS) is 12.1. The molecule has 0 aliphatic rings. The van der Waals surface area contributed by atoms with Crippen molar-refractivity contribution in [2.24, 2.45) is 0 Å². The third-order valence-electron chi connectivity index (χ3n) is 2.83. The number of nitrogens with zero attached hydrogens (tertiary/aromatic N) is 1. The number of thiazole rings is 1. The van der Waals surface area contributed by atoms with Gasteiger partial charge in [0.15, 0.2) is 6.10 Å². The zero-order chi connectivity index (χ0) is 15.4. The van der Waals surface area contributed by atoms with E-state index >= 15 is 0 Å². The standard InChI is InChI=1S/C13H15N3O4S/c1-7-16-10(6-21-7)8-4-9(15-5-8)12(18)14-3-2-11(17)13(19)20/h4-6,11,15,17H,2-3H2,1H3,(H,14,18)(H,19,20)/t11-/m0/s1. The molecule has 21 heavy (non-hydrogen) atoms. The van der Waals surface area contributed by atoms with Crippen LogP contribution in [-0.2, 0) is 4.79 Å². The maximum atomic E-state index is 11.9. The van der Waals surface area contributed by atoms with E-state index in [1.807, 2.05) is 12.3 Å². The summed E-state index contributed by atoms with van der Waals surface area (Å²) in [6.07, 6.45) is 0.178. The first-order valence-corrected chi connectivity index (χ1v) is 7.15. The molecule has 0 aromatic carbocycles. The fourth-order valence-corrected chi connectivity index (χ4v) is 2.33. The Labute approximate surface area is 124 Å². The smallest absolute Gasteiger partial charge is 0.332 e. The summed E-state index contributed by atoms with van der Waals surface area (Å²) in [6.45, 7) is 1.98. The number of aromatic amines is 1. The number of rotatable bonds is 6. The summed E-state index contributed by atoms with van der Waals surface area (Å²) in [7, 11) is 0. The Hall–Kier alpha value is -2.19. The molecule has 0 aliphatic carbocycles. The van der Waals surface area contributed by atoms with Crippen molar-refractivity contribution in [3.8, 4) is 11.3 Å². The van der Waals surface area contributed by atoms with E-state index in [0.717, 1.165) is 16.3 Å². The highest BCUT2D eigenvalue weighted by molar-refractivity contribution is 7.09. The van der Waals surface area contributed by atoms with E-state index < -0.39 is 12.1 Å². The van der Waals surface area contributed by atoms with Crippen LogP contribution in [0.5, 0.6) is 0 Å². The number of aromatic nitrogens is 2. The van der Waals surface area contributed by atoms with Crippen LogP contribution in [0.25, 0.3) is 11.3 Å². The average Bonchev–Trinajstić information content (AvgIpc) is 3.06. The molecule has 7 nitrogen and oxygen atoms in total. The fraction of sp³-hybridized carbons (Fsp3) is 0.308. The SMILES string of the molecule is Cc1nc(-c2c[nH]c(C(=O)NCC[C@H](O)C(=O)O)c2)cs1. The lowest BCUT2D eigenvalue weighted by atomic mass is 10.2. The minimum atomic E-state index is -1.47. The minimum Gasteiger partial charge on any atom is -0.479 e. The van der Waals surface area contributed by atoms with E-state index in [-0.39, 0.29) is 18.9 Å². The van der Waals surface area contributed by atoms with Gasteiger partial charge in [0.05, 0.1) is 10.7 Å². The summed E-state index contributed by atoms with van der Waals surface area (Å²) in [6, 6.07) is 1.68. The Kier molecular flexibility index (Phi) is 4.71. The number of carbonyl (C=O) groups is 2. The summed E-state index contributed by atoms with van der Waals surface area (Å²) >= 11 is 1.53. The van der Waals surface area contributed by atoms with Gasteiger partial charge in [0, 0.05) is 30.1 Å². The Morgan fingerprint density at radius 2 is 2.29 bits per heavy atom. The number of hydrogen-bond donors (Lipinski definition) is 4. The van der Waals surface area contributed by atoms with E-state index in [0.29, 0.717) is 5.69 Å². The number of aliphatic hydroxyl groups excluding tert-OH is 1. The monoisotopic (exact) mass is 309 g/mol. The second-order valence-corrected chi connectivity index (χ2v) is 5.51. The quantitative estimate of drug-likeness (QED) is 0.635. The predicted molar refractivity (Wildman–Crippen MR) is 77.2 cm³/mol. The van der Waals surface area contributed by atoms with Crippen LogP contribution in [0.3, 0.4) is 0 Å². The fourth-order valence-electron chi connectivity index (χ4n) is 1.71. The molecular formula is C13H15N3O4S. The van der Waals surface area contributed by atoms with Crippen molar-refractivity contribution in [1.82, 2.24) is 15.3 Å². The Morgan fingerprint density at radius 3 is 2.90 bits per heavy atom. The number of hydrogen-bond acceptors (Lipinski definition) is 5. The van der Waals surface area contributed by atoms with Crippen LogP contribution in [-0.4, -0.2) is 44.7 Å². The van der Waals surface area contributed by atoms with Gasteiger partial charge in [-0.25, -0.2) is 9.78 Å². The van der Waals surface area contributed by atoms with Crippen molar-refractivity contribution in [2.75, 3.05) is 6.54 Å². The number of aliphatic carboxylic acids is 1. The van der Waals surface area contributed by atoms with Crippen molar-refractivity contribution in [3.63, 3.8) is 0 Å². The number of aryl methyl sites for hydroxylation is 1. The van der Waals surface area contributed by atoms with Crippen molar-refractivity contribution >= 4 is 23.2 Å². The van der Waals surface area contributed by atoms with Crippen LogP contribution in [0.2, 0.25) is 0 Å². The maximum absolute atomic E-state index is 11.9. The van der Waals surface area contributed by atoms with Gasteiger partial charge < -0.3 is 20.5 Å². The van der Waals surface area contributed by atoms with Gasteiger partial charge in [-0.05, 0) is 13.0 Å². The molecule has 2 aromatic rings. The highest BCUT2D eigenvalue weighted by Crippen LogP contribution is 2.22. The second-order valence-electron chi connectivity index (χ2n) is 4.45. The molecule has 1 atom stereocenters. The Balaban J connectivity index is 1.92. The van der Waals surface area contributed by atoms with E-state index in [2.05, 4.69) is 15.3 Å². The predicted octanol–water partition coefficient (Wildman–Crippen LogP) is 1.01. The molecule has 2 aromatic heterocycles. The van der Waals surface area contributed by atoms with Gasteiger partial charge in [0.25, 0.3) is 5.91 Å². The first kappa shape index (κ1) is 15.2. The van der Waals surface area contributed by atoms with Gasteiger partial charge in [-0.15, -0.1) is 11.3 Å². The number of carboxylic acids is 1. The summed E-state index contributed by atoms with van der Waals surface area (Å²) in [5.74, 6) is -1.66. The number of carbonyl (C=O) groups excluding carboxylic acids is 1. The largest absolute Gasteiger partial charge is 0.479 e. The topological polar surface area (TPSA) is 115 Å². The Bertz CT molecular complexity index is 649. The van der Waals surface area contributed by atoms with Crippen LogP contribution in [0, 0.1) is 6.92 Å². The number of aliphatic hydroxyl groups is 1. The lowest BCUT2D eigenvalue weighted by molar-refractivity contribution is -0.146. The van der Waals surface area contributed by atoms with Crippen LogP contribution in [0.15, 0.2) is 17.6 Å². The summed E-state index contributed by atoms with van der Waals surface area (Å²) in [5.41, 5.74) is 1.98. The molecule has 0 saturated heterocycles. The van der Waals surface area contributed by atoms with E-state index in [9.17, 15) is 9.59 Å². The third kappa shape index (κ3) is 3.89. The lowest BCUT2D eigenvalue weighted by Gasteiger charge is -2.06. The highest BCUT2D eigenvalue weighted by Gasteiger charge is 2.14. The minimum absolute atomic E-state index is 0.0417. The van der Waals surface area contributed by atoms with Crippen molar-refractivity contribution in [2.45, 2.75) is 19.4 Å². The number of amides is 1. The molecule has 0 saturated carbocycles. The molecule has 1 amide bonds. The highest BCUT2D eigenvalue weighted by atomic mass is 32.1. The third-order valence-corrected chi connectivity index (χ3v) is 3.60. The molecule has 2 heterocycles. The lowest BCUT2D eigenvalue weighted by Crippen LogP contribution is -2.30. The number of H-pyrrole nitrogens is 1. The summed E-state index contributed by atoms with van der Waals surface area (Å²) < 4.78 is 0. The van der Waals surface area contributed by atoms with Gasteiger partial charge in [-0.1, -0.05) is 0 Å². The van der Waals surface area contributed by atoms with Gasteiger partial charge in [-0.3, -0.25) is 4.79 Å². The summed E-state index contributed by atoms with van der Waals surface area (Å²) in [5, 5.41) is 23.0. The number of carboxylic acid groups (broad SMARTS) is 1. The van der Waals surface area contributed by atoms with Gasteiger partial charge >= 0.3 is 5.97 Å². The molecular weight excluding hydrogens is 294 g/mol. The van der Waals surface area contributed by atoms with Gasteiger partial charge in [-0.2, -0.15) is 0 Å². The molecule has 0 fully saturated rings. The van der Waals surface area contributed by atoms with Crippen LogP contribution < -0.4 is 5.32 Å². The average molecular weight is 309 g/mol. The van der Waals surface area contributed by atoms with Gasteiger partial charge in [0.1, 0.15) is 5.69 Å². The van der Waals surface area contributed by atoms with Crippen LogP contribution in [0.4, 0.5) is 0 Å². The molecule has 2 rings (SSSR count). The second kappa shape index (κ2) is 6.51. The molecule has 8 heteroatoms. The Morgan fingerprint density at radius 1 is 1.52 bits per heavy atom. The van der Waals surface area contributed by atoms with Crippen molar-refractivity contribution in [1.29, 1.82) is 0 Å². The zero-order valence-electron chi connectivity index (χ0n) is 11.3. The molecule has 0 spiro atoms. The molecule has 112 valence electrons. The van der Waals surface area contributed by atoms with Crippen LogP contribution in [0.1, 0.15) is 21.9 Å². The van der Waals surface area contributed by atoms with E-state index in [1.165, 1.54) is 11.3 Å². The molecule has 0 aliphatic heterocycles.